The predicted molar refractivity (Wildman–Crippen MR) is 86.6 cm³/mol. The predicted octanol–water partition coefficient (Wildman–Crippen LogP) is 2.81. The van der Waals surface area contributed by atoms with E-state index in [9.17, 15) is 4.39 Å². The van der Waals surface area contributed by atoms with Gasteiger partial charge in [-0.1, -0.05) is 24.5 Å². The van der Waals surface area contributed by atoms with Crippen LogP contribution in [-0.4, -0.2) is 24.6 Å². The van der Waals surface area contributed by atoms with E-state index in [-0.39, 0.29) is 5.82 Å². The Morgan fingerprint density at radius 3 is 2.68 bits per heavy atom. The molecule has 3 nitrogen and oxygen atoms in total. The highest BCUT2D eigenvalue weighted by molar-refractivity contribution is 6.32. The third kappa shape index (κ3) is 2.26. The van der Waals surface area contributed by atoms with Crippen LogP contribution in [0.1, 0.15) is 18.2 Å². The van der Waals surface area contributed by atoms with Crippen LogP contribution in [0.2, 0.25) is 0 Å². The molecule has 110 valence electrons. The van der Waals surface area contributed by atoms with E-state index < -0.39 is 0 Å². The van der Waals surface area contributed by atoms with E-state index in [4.69, 9.17) is 12.6 Å². The Morgan fingerprint density at radius 1 is 1.27 bits per heavy atom. The number of ether oxygens (including phenoxy) is 1. The smallest absolute Gasteiger partial charge is 0.147 e. The van der Waals surface area contributed by atoms with Crippen LogP contribution in [0.15, 0.2) is 30.3 Å². The molecule has 0 spiro atoms. The molecular formula is C17H16BFN2O. The summed E-state index contributed by atoms with van der Waals surface area (Å²) in [6.45, 7) is 4.06. The van der Waals surface area contributed by atoms with Gasteiger partial charge in [0.15, 0.2) is 0 Å². The van der Waals surface area contributed by atoms with Crippen LogP contribution in [0.3, 0.4) is 0 Å². The molecule has 3 rings (SSSR count). The standard InChI is InChI=1S/C17H16BFN2O/c1-4-12-7-10(2)17(22-3)16-9-15(20-21(12)16)13-6-5-11(18)8-14(13)19/h5-9H,4H2,1-3H3. The van der Waals surface area contributed by atoms with Gasteiger partial charge in [0.05, 0.1) is 12.8 Å². The van der Waals surface area contributed by atoms with Crippen LogP contribution in [0.25, 0.3) is 16.8 Å². The SMILES string of the molecule is [B]c1ccc(-c2cc3c(OC)c(C)cc(CC)n3n2)c(F)c1. The van der Waals surface area contributed by atoms with Gasteiger partial charge in [-0.15, -0.1) is 0 Å². The summed E-state index contributed by atoms with van der Waals surface area (Å²) in [5.41, 5.74) is 4.32. The molecule has 0 aliphatic carbocycles. The van der Waals surface area contributed by atoms with E-state index in [2.05, 4.69) is 12.0 Å². The van der Waals surface area contributed by atoms with Crippen LogP contribution in [0.5, 0.6) is 5.75 Å². The maximum absolute atomic E-state index is 14.1. The normalized spacial score (nSPS) is 11.1. The first-order valence-electron chi connectivity index (χ1n) is 7.16. The van der Waals surface area contributed by atoms with Crippen LogP contribution in [-0.2, 0) is 6.42 Å². The number of aryl methyl sites for hydroxylation is 2. The van der Waals surface area contributed by atoms with Crippen LogP contribution < -0.4 is 10.2 Å². The monoisotopic (exact) mass is 294 g/mol. The van der Waals surface area contributed by atoms with Crippen molar-refractivity contribution in [1.82, 2.24) is 9.61 Å². The average Bonchev–Trinajstić information content (AvgIpc) is 2.90. The van der Waals surface area contributed by atoms with Crippen molar-refractivity contribution in [1.29, 1.82) is 0 Å². The minimum Gasteiger partial charge on any atom is -0.494 e. The van der Waals surface area contributed by atoms with Crippen molar-refractivity contribution in [3.63, 3.8) is 0 Å². The molecule has 1 aromatic carbocycles. The molecule has 0 saturated heterocycles. The number of hydrogen-bond donors (Lipinski definition) is 0. The van der Waals surface area contributed by atoms with Crippen molar-refractivity contribution < 1.29 is 9.13 Å². The molecule has 0 aliphatic rings. The fourth-order valence-corrected chi connectivity index (χ4v) is 2.73. The molecule has 22 heavy (non-hydrogen) atoms. The minimum absolute atomic E-state index is 0.378. The van der Waals surface area contributed by atoms with E-state index >= 15 is 0 Å². The molecule has 0 unspecified atom stereocenters. The van der Waals surface area contributed by atoms with Crippen molar-refractivity contribution in [3.05, 3.63) is 47.4 Å². The minimum atomic E-state index is -0.378. The third-order valence-electron chi connectivity index (χ3n) is 3.79. The number of halogens is 1. The van der Waals surface area contributed by atoms with Gasteiger partial charge < -0.3 is 4.74 Å². The molecule has 5 heteroatoms. The van der Waals surface area contributed by atoms with Crippen LogP contribution >= 0.6 is 0 Å². The van der Waals surface area contributed by atoms with Gasteiger partial charge in [-0.3, -0.25) is 0 Å². The summed E-state index contributed by atoms with van der Waals surface area (Å²) >= 11 is 0. The molecule has 2 aromatic heterocycles. The second-order valence-corrected chi connectivity index (χ2v) is 5.27. The molecule has 0 N–H and O–H groups in total. The van der Waals surface area contributed by atoms with Gasteiger partial charge in [-0.05, 0) is 37.1 Å². The first kappa shape index (κ1) is 14.6. The molecule has 0 fully saturated rings. The summed E-state index contributed by atoms with van der Waals surface area (Å²) < 4.78 is 21.4. The van der Waals surface area contributed by atoms with Crippen molar-refractivity contribution in [3.8, 4) is 17.0 Å². The van der Waals surface area contributed by atoms with Gasteiger partial charge >= 0.3 is 0 Å². The molecule has 0 atom stereocenters. The zero-order valence-electron chi connectivity index (χ0n) is 12.9. The van der Waals surface area contributed by atoms with Crippen LogP contribution in [0.4, 0.5) is 4.39 Å². The second kappa shape index (κ2) is 5.48. The number of fused-ring (bicyclic) bond motifs is 1. The molecule has 2 heterocycles. The zero-order valence-corrected chi connectivity index (χ0v) is 12.9. The Kier molecular flexibility index (Phi) is 3.65. The Labute approximate surface area is 130 Å². The highest BCUT2D eigenvalue weighted by Gasteiger charge is 2.15. The largest absolute Gasteiger partial charge is 0.494 e. The number of aromatic nitrogens is 2. The number of rotatable bonds is 3. The van der Waals surface area contributed by atoms with Gasteiger partial charge in [0.25, 0.3) is 0 Å². The summed E-state index contributed by atoms with van der Waals surface area (Å²) in [5, 5.41) is 4.55. The van der Waals surface area contributed by atoms with Gasteiger partial charge in [0, 0.05) is 11.3 Å². The van der Waals surface area contributed by atoms with E-state index in [0.29, 0.717) is 16.7 Å². The Balaban J connectivity index is 2.29. The number of pyridine rings is 1. The molecule has 0 saturated carbocycles. The maximum atomic E-state index is 14.1. The first-order valence-corrected chi connectivity index (χ1v) is 7.16. The number of hydrogen-bond acceptors (Lipinski definition) is 2. The molecule has 0 bridgehead atoms. The summed E-state index contributed by atoms with van der Waals surface area (Å²) in [6, 6.07) is 8.52. The lowest BCUT2D eigenvalue weighted by molar-refractivity contribution is 0.414. The summed E-state index contributed by atoms with van der Waals surface area (Å²) in [5.74, 6) is 0.379. The van der Waals surface area contributed by atoms with E-state index in [1.54, 1.807) is 19.2 Å². The molecular weight excluding hydrogens is 278 g/mol. The Morgan fingerprint density at radius 2 is 2.05 bits per heavy atom. The van der Waals surface area contributed by atoms with E-state index in [1.807, 2.05) is 23.6 Å². The highest BCUT2D eigenvalue weighted by Crippen LogP contribution is 2.30. The first-order chi connectivity index (χ1) is 10.5. The van der Waals surface area contributed by atoms with Gasteiger partial charge in [-0.2, -0.15) is 5.10 Å². The number of benzene rings is 1. The fourth-order valence-electron chi connectivity index (χ4n) is 2.73. The van der Waals surface area contributed by atoms with Gasteiger partial charge in [0.1, 0.15) is 24.9 Å². The summed E-state index contributed by atoms with van der Waals surface area (Å²) in [4.78, 5) is 0. The lowest BCUT2D eigenvalue weighted by atomic mass is 9.94. The maximum Gasteiger partial charge on any atom is 0.147 e. The molecule has 2 radical (unpaired) electrons. The van der Waals surface area contributed by atoms with Crippen molar-refractivity contribution in [2.45, 2.75) is 20.3 Å². The third-order valence-corrected chi connectivity index (χ3v) is 3.79. The molecule has 3 aromatic rings. The quantitative estimate of drug-likeness (QED) is 0.694. The van der Waals surface area contributed by atoms with E-state index in [1.165, 1.54) is 6.07 Å². The van der Waals surface area contributed by atoms with Gasteiger partial charge in [0.2, 0.25) is 0 Å². The number of methoxy groups -OCH3 is 1. The zero-order chi connectivity index (χ0) is 15.9. The Bertz CT molecular complexity index is 857. The van der Waals surface area contributed by atoms with E-state index in [0.717, 1.165) is 28.9 Å². The average molecular weight is 294 g/mol. The second-order valence-electron chi connectivity index (χ2n) is 5.27. The lowest BCUT2D eigenvalue weighted by Gasteiger charge is -2.10. The number of nitrogens with zero attached hydrogens (tertiary/aromatic N) is 2. The van der Waals surface area contributed by atoms with Gasteiger partial charge in [-0.25, -0.2) is 8.91 Å². The highest BCUT2D eigenvalue weighted by atomic mass is 19.1. The van der Waals surface area contributed by atoms with Crippen molar-refractivity contribution in [2.75, 3.05) is 7.11 Å². The summed E-state index contributed by atoms with van der Waals surface area (Å²) in [6.07, 6.45) is 0.826. The topological polar surface area (TPSA) is 26.5 Å². The van der Waals surface area contributed by atoms with Crippen molar-refractivity contribution >= 4 is 18.8 Å². The van der Waals surface area contributed by atoms with Crippen molar-refractivity contribution in [2.24, 2.45) is 0 Å². The van der Waals surface area contributed by atoms with Crippen LogP contribution in [0, 0.1) is 12.7 Å². The lowest BCUT2D eigenvalue weighted by Crippen LogP contribution is -2.03. The summed E-state index contributed by atoms with van der Waals surface area (Å²) in [7, 11) is 7.24. The molecule has 0 aliphatic heterocycles. The molecule has 0 amide bonds. The Hall–Kier alpha value is -2.30. The fraction of sp³-hybridized carbons (Fsp3) is 0.235.